The van der Waals surface area contributed by atoms with E-state index in [0.717, 1.165) is 9.95 Å². The van der Waals surface area contributed by atoms with Crippen LogP contribution in [0.25, 0.3) is 15.3 Å². The Balaban J connectivity index is 2.33. The SMILES string of the molecule is O=c1c2cc(F)ccc2[se]n1-c1ccncc1. The standard InChI is InChI=1S/C12H7FN2OSe/c13-8-1-2-11-10(7-8)12(16)15(17-11)9-3-5-14-6-4-9/h1-7H. The molecule has 5 heteroatoms. The Hall–Kier alpha value is -1.71. The number of hydrogen-bond donors (Lipinski definition) is 0. The number of nitrogens with zero attached hydrogens (tertiary/aromatic N) is 2. The fourth-order valence-electron chi connectivity index (χ4n) is 1.65. The molecular weight excluding hydrogens is 286 g/mol. The van der Waals surface area contributed by atoms with Crippen LogP contribution in [0, 0.1) is 5.82 Å². The number of hydrogen-bond acceptors (Lipinski definition) is 2. The molecule has 0 bridgehead atoms. The molecule has 0 amide bonds. The zero-order valence-corrected chi connectivity index (χ0v) is 10.3. The average Bonchev–Trinajstić information content (AvgIpc) is 2.68. The zero-order valence-electron chi connectivity index (χ0n) is 8.63. The van der Waals surface area contributed by atoms with E-state index in [1.54, 1.807) is 34.2 Å². The number of fused-ring (bicyclic) bond motifs is 1. The van der Waals surface area contributed by atoms with Crippen molar-refractivity contribution >= 4 is 24.4 Å². The Morgan fingerprint density at radius 2 is 1.94 bits per heavy atom. The molecule has 0 saturated carbocycles. The summed E-state index contributed by atoms with van der Waals surface area (Å²) < 4.78 is 15.7. The van der Waals surface area contributed by atoms with Gasteiger partial charge in [0, 0.05) is 0 Å². The van der Waals surface area contributed by atoms with Crippen molar-refractivity contribution in [2.75, 3.05) is 0 Å². The molecule has 0 saturated heterocycles. The monoisotopic (exact) mass is 294 g/mol. The summed E-state index contributed by atoms with van der Waals surface area (Å²) in [5.74, 6) is -0.371. The van der Waals surface area contributed by atoms with E-state index in [2.05, 4.69) is 4.98 Å². The normalized spacial score (nSPS) is 10.9. The van der Waals surface area contributed by atoms with Crippen LogP contribution in [0.4, 0.5) is 4.39 Å². The van der Waals surface area contributed by atoms with E-state index in [-0.39, 0.29) is 26.1 Å². The van der Waals surface area contributed by atoms with Gasteiger partial charge in [0.25, 0.3) is 0 Å². The van der Waals surface area contributed by atoms with E-state index in [1.807, 2.05) is 0 Å². The summed E-state index contributed by atoms with van der Waals surface area (Å²) in [6.45, 7) is 0. The van der Waals surface area contributed by atoms with Gasteiger partial charge in [-0.2, -0.15) is 0 Å². The van der Waals surface area contributed by atoms with Crippen molar-refractivity contribution < 1.29 is 4.39 Å². The molecule has 2 aromatic heterocycles. The van der Waals surface area contributed by atoms with Crippen LogP contribution in [0.3, 0.4) is 0 Å². The third kappa shape index (κ3) is 1.73. The zero-order chi connectivity index (χ0) is 11.8. The average molecular weight is 293 g/mol. The van der Waals surface area contributed by atoms with Crippen molar-refractivity contribution in [3.05, 3.63) is 58.9 Å². The maximum atomic E-state index is 13.1. The summed E-state index contributed by atoms with van der Waals surface area (Å²) in [6.07, 6.45) is 3.28. The fraction of sp³-hybridized carbons (Fsp3) is 0. The predicted octanol–water partition coefficient (Wildman–Crippen LogP) is 1.58. The first-order valence-corrected chi connectivity index (χ1v) is 6.60. The van der Waals surface area contributed by atoms with Crippen molar-refractivity contribution in [2.24, 2.45) is 0 Å². The molecule has 17 heavy (non-hydrogen) atoms. The molecular formula is C12H7FN2OSe. The van der Waals surface area contributed by atoms with Gasteiger partial charge in [-0.25, -0.2) is 0 Å². The second-order valence-corrected chi connectivity index (χ2v) is 5.61. The van der Waals surface area contributed by atoms with Crippen LogP contribution < -0.4 is 5.56 Å². The fourth-order valence-corrected chi connectivity index (χ4v) is 3.70. The molecule has 0 N–H and O–H groups in total. The molecule has 0 aliphatic rings. The molecule has 0 aliphatic carbocycles. The van der Waals surface area contributed by atoms with E-state index in [9.17, 15) is 9.18 Å². The van der Waals surface area contributed by atoms with Crippen molar-refractivity contribution in [3.63, 3.8) is 0 Å². The third-order valence-electron chi connectivity index (χ3n) is 2.44. The molecule has 3 rings (SSSR count). The minimum absolute atomic E-state index is 0.124. The summed E-state index contributed by atoms with van der Waals surface area (Å²) >= 11 is -0.124. The summed E-state index contributed by atoms with van der Waals surface area (Å²) in [5.41, 5.74) is 0.673. The third-order valence-corrected chi connectivity index (χ3v) is 4.78. The number of benzene rings is 1. The van der Waals surface area contributed by atoms with Gasteiger partial charge in [-0.05, 0) is 0 Å². The summed E-state index contributed by atoms with van der Waals surface area (Å²) in [7, 11) is 0. The van der Waals surface area contributed by atoms with Crippen molar-refractivity contribution in [1.29, 1.82) is 0 Å². The maximum absolute atomic E-state index is 13.1. The van der Waals surface area contributed by atoms with Gasteiger partial charge in [-0.3, -0.25) is 0 Å². The van der Waals surface area contributed by atoms with Gasteiger partial charge in [0.1, 0.15) is 0 Å². The van der Waals surface area contributed by atoms with Crippen molar-refractivity contribution in [2.45, 2.75) is 0 Å². The van der Waals surface area contributed by atoms with Gasteiger partial charge >= 0.3 is 102 Å². The first-order chi connectivity index (χ1) is 8.25. The van der Waals surface area contributed by atoms with Crippen molar-refractivity contribution in [1.82, 2.24) is 8.55 Å². The molecule has 0 atom stereocenters. The topological polar surface area (TPSA) is 34.9 Å². The number of pyridine rings is 1. The van der Waals surface area contributed by atoms with Gasteiger partial charge in [-0.15, -0.1) is 0 Å². The molecule has 3 nitrogen and oxygen atoms in total. The molecule has 3 aromatic rings. The first-order valence-electron chi connectivity index (χ1n) is 4.98. The summed E-state index contributed by atoms with van der Waals surface area (Å²) in [5, 5.41) is 0.474. The van der Waals surface area contributed by atoms with Gasteiger partial charge < -0.3 is 0 Å². The molecule has 0 unspecified atom stereocenters. The molecule has 1 aromatic carbocycles. The summed E-state index contributed by atoms with van der Waals surface area (Å²) in [6, 6.07) is 7.94. The van der Waals surface area contributed by atoms with Gasteiger partial charge in [0.05, 0.1) is 0 Å². The number of halogens is 1. The molecule has 84 valence electrons. The Morgan fingerprint density at radius 1 is 1.18 bits per heavy atom. The van der Waals surface area contributed by atoms with E-state index < -0.39 is 0 Å². The quantitative estimate of drug-likeness (QED) is 0.639. The van der Waals surface area contributed by atoms with Crippen LogP contribution in [0.2, 0.25) is 0 Å². The van der Waals surface area contributed by atoms with Gasteiger partial charge in [0.15, 0.2) is 0 Å². The first kappa shape index (κ1) is 10.4. The van der Waals surface area contributed by atoms with Crippen LogP contribution in [0.5, 0.6) is 0 Å². The minimum atomic E-state index is -0.371. The molecule has 0 spiro atoms. The Kier molecular flexibility index (Phi) is 2.42. The Bertz CT molecular complexity index is 733. The van der Waals surface area contributed by atoms with Gasteiger partial charge in [-0.1, -0.05) is 0 Å². The van der Waals surface area contributed by atoms with Crippen LogP contribution >= 0.6 is 0 Å². The number of rotatable bonds is 1. The van der Waals surface area contributed by atoms with E-state index in [4.69, 9.17) is 0 Å². The molecule has 0 radical (unpaired) electrons. The van der Waals surface area contributed by atoms with E-state index in [0.29, 0.717) is 5.39 Å². The van der Waals surface area contributed by atoms with Crippen LogP contribution in [0.15, 0.2) is 47.5 Å². The number of aromatic nitrogens is 2. The second kappa shape index (κ2) is 3.95. The second-order valence-electron chi connectivity index (χ2n) is 3.54. The Morgan fingerprint density at radius 3 is 2.71 bits per heavy atom. The van der Waals surface area contributed by atoms with Crippen LogP contribution in [-0.4, -0.2) is 23.3 Å². The molecule has 0 fully saturated rings. The Labute approximate surface area is 102 Å². The van der Waals surface area contributed by atoms with Crippen LogP contribution in [-0.2, 0) is 0 Å². The predicted molar refractivity (Wildman–Crippen MR) is 64.2 cm³/mol. The molecule has 2 heterocycles. The molecule has 0 aliphatic heterocycles. The van der Waals surface area contributed by atoms with E-state index in [1.165, 1.54) is 12.1 Å². The van der Waals surface area contributed by atoms with Gasteiger partial charge in [0.2, 0.25) is 0 Å². The van der Waals surface area contributed by atoms with E-state index >= 15 is 0 Å². The summed E-state index contributed by atoms with van der Waals surface area (Å²) in [4.78, 5) is 16.0. The van der Waals surface area contributed by atoms with Crippen LogP contribution in [0.1, 0.15) is 0 Å². The van der Waals surface area contributed by atoms with Crippen molar-refractivity contribution in [3.8, 4) is 5.69 Å².